The quantitative estimate of drug-likeness (QED) is 0.870. The fourth-order valence-electron chi connectivity index (χ4n) is 1.45. The van der Waals surface area contributed by atoms with Gasteiger partial charge in [0.05, 0.1) is 6.04 Å². The predicted octanol–water partition coefficient (Wildman–Crippen LogP) is 1.11. The zero-order chi connectivity index (χ0) is 14.0. The fraction of sp³-hybridized carbons (Fsp3) is 0.273. The van der Waals surface area contributed by atoms with Gasteiger partial charge in [0.15, 0.2) is 11.5 Å². The lowest BCUT2D eigenvalue weighted by Gasteiger charge is -2.11. The summed E-state index contributed by atoms with van der Waals surface area (Å²) in [5, 5.41) is 13.8. The van der Waals surface area contributed by atoms with Crippen LogP contribution in [-0.4, -0.2) is 25.6 Å². The zero-order valence-electron chi connectivity index (χ0n) is 10.3. The van der Waals surface area contributed by atoms with E-state index in [4.69, 9.17) is 5.11 Å². The summed E-state index contributed by atoms with van der Waals surface area (Å²) in [4.78, 5) is 30.5. The second kappa shape index (κ2) is 5.19. The summed E-state index contributed by atoms with van der Waals surface area (Å²) >= 11 is 1.22. The van der Waals surface area contributed by atoms with E-state index in [9.17, 15) is 9.59 Å². The van der Waals surface area contributed by atoms with Gasteiger partial charge in [0, 0.05) is 24.8 Å². The lowest BCUT2D eigenvalue weighted by molar-refractivity contribution is 0.0691. The third-order valence-corrected chi connectivity index (χ3v) is 3.51. The Hall–Kier alpha value is -2.22. The first-order valence-electron chi connectivity index (χ1n) is 5.46. The first-order valence-corrected chi connectivity index (χ1v) is 6.34. The lowest BCUT2D eigenvalue weighted by Crippen LogP contribution is -2.23. The highest BCUT2D eigenvalue weighted by Gasteiger charge is 2.15. The second-order valence-corrected chi connectivity index (χ2v) is 4.82. The van der Waals surface area contributed by atoms with Gasteiger partial charge in [-0.2, -0.15) is 0 Å². The van der Waals surface area contributed by atoms with E-state index >= 15 is 0 Å². The third kappa shape index (κ3) is 2.79. The fourth-order valence-corrected chi connectivity index (χ4v) is 2.25. The molecule has 19 heavy (non-hydrogen) atoms. The minimum absolute atomic E-state index is 0.00238. The number of rotatable bonds is 4. The van der Waals surface area contributed by atoms with Crippen LogP contribution in [0.25, 0.3) is 0 Å². The lowest BCUT2D eigenvalue weighted by atomic mass is 10.3. The predicted molar refractivity (Wildman–Crippen MR) is 70.6 cm³/mol. The average Bonchev–Trinajstić information content (AvgIpc) is 2.84. The van der Waals surface area contributed by atoms with Crippen LogP contribution in [0.5, 0.6) is 0 Å². The number of hydrogen-bond acceptors (Lipinski definition) is 6. The van der Waals surface area contributed by atoms with Gasteiger partial charge in [-0.3, -0.25) is 4.79 Å². The van der Waals surface area contributed by atoms with Crippen molar-refractivity contribution in [3.8, 4) is 0 Å². The molecule has 0 amide bonds. The number of anilines is 1. The Kier molecular flexibility index (Phi) is 3.61. The molecule has 2 aromatic heterocycles. The maximum Gasteiger partial charge on any atom is 0.355 e. The molecular weight excluding hydrogens is 268 g/mol. The Balaban J connectivity index is 2.20. The maximum absolute atomic E-state index is 11.8. The van der Waals surface area contributed by atoms with E-state index in [1.807, 2.05) is 0 Å². The normalized spacial score (nSPS) is 12.1. The van der Waals surface area contributed by atoms with Crippen molar-refractivity contribution in [2.45, 2.75) is 13.0 Å². The summed E-state index contributed by atoms with van der Waals surface area (Å²) in [5.41, 5.74) is -0.244. The number of carboxylic acid groups (broad SMARTS) is 1. The van der Waals surface area contributed by atoms with Crippen molar-refractivity contribution in [2.75, 3.05) is 5.32 Å². The second-order valence-electron chi connectivity index (χ2n) is 3.93. The van der Waals surface area contributed by atoms with Gasteiger partial charge in [-0.05, 0) is 6.92 Å². The number of thiazole rings is 1. The van der Waals surface area contributed by atoms with E-state index in [0.717, 1.165) is 0 Å². The number of hydrogen-bond donors (Lipinski definition) is 2. The number of carboxylic acids is 1. The van der Waals surface area contributed by atoms with E-state index < -0.39 is 5.97 Å². The van der Waals surface area contributed by atoms with Crippen LogP contribution in [0.15, 0.2) is 22.6 Å². The van der Waals surface area contributed by atoms with Gasteiger partial charge < -0.3 is 15.0 Å². The van der Waals surface area contributed by atoms with Crippen LogP contribution in [0.2, 0.25) is 0 Å². The molecule has 0 radical (unpaired) electrons. The Labute approximate surface area is 112 Å². The average molecular weight is 280 g/mol. The molecule has 0 saturated heterocycles. The largest absolute Gasteiger partial charge is 0.476 e. The summed E-state index contributed by atoms with van der Waals surface area (Å²) < 4.78 is 1.41. The molecule has 2 N–H and O–H groups in total. The Morgan fingerprint density at radius 2 is 2.32 bits per heavy atom. The van der Waals surface area contributed by atoms with Crippen LogP contribution in [0.4, 0.5) is 5.82 Å². The van der Waals surface area contributed by atoms with Crippen LogP contribution in [0.3, 0.4) is 0 Å². The minimum Gasteiger partial charge on any atom is -0.476 e. The van der Waals surface area contributed by atoms with Gasteiger partial charge in [0.2, 0.25) is 0 Å². The molecule has 2 aromatic rings. The first kappa shape index (κ1) is 13.2. The van der Waals surface area contributed by atoms with Crippen LogP contribution >= 0.6 is 11.3 Å². The highest BCUT2D eigenvalue weighted by Crippen LogP contribution is 2.20. The Bertz CT molecular complexity index is 664. The molecule has 0 aliphatic heterocycles. The molecule has 2 heterocycles. The zero-order valence-corrected chi connectivity index (χ0v) is 11.1. The Morgan fingerprint density at radius 1 is 1.58 bits per heavy atom. The SMILES string of the molecule is CC(Nc1nccn(C)c1=O)c1nc(C(=O)O)cs1. The summed E-state index contributed by atoms with van der Waals surface area (Å²) in [7, 11) is 1.63. The van der Waals surface area contributed by atoms with Crippen molar-refractivity contribution >= 4 is 23.1 Å². The van der Waals surface area contributed by atoms with Crippen molar-refractivity contribution in [2.24, 2.45) is 7.05 Å². The molecule has 8 heteroatoms. The first-order chi connectivity index (χ1) is 8.99. The molecule has 0 aliphatic rings. The molecular formula is C11H12N4O3S. The van der Waals surface area contributed by atoms with E-state index in [1.165, 1.54) is 27.5 Å². The molecule has 1 atom stereocenters. The third-order valence-electron chi connectivity index (χ3n) is 2.48. The van der Waals surface area contributed by atoms with Crippen LogP contribution in [0, 0.1) is 0 Å². The van der Waals surface area contributed by atoms with Gasteiger partial charge in [-0.15, -0.1) is 11.3 Å². The number of aromatic carboxylic acids is 1. The number of nitrogens with zero attached hydrogens (tertiary/aromatic N) is 3. The molecule has 0 saturated carbocycles. The van der Waals surface area contributed by atoms with E-state index in [2.05, 4.69) is 15.3 Å². The molecule has 0 aliphatic carbocycles. The Morgan fingerprint density at radius 3 is 2.95 bits per heavy atom. The number of aryl methyl sites for hydroxylation is 1. The van der Waals surface area contributed by atoms with Gasteiger partial charge in [-0.25, -0.2) is 14.8 Å². The number of nitrogens with one attached hydrogen (secondary N) is 1. The van der Waals surface area contributed by atoms with Gasteiger partial charge in [0.1, 0.15) is 5.01 Å². The summed E-state index contributed by atoms with van der Waals surface area (Å²) in [5.74, 6) is -0.854. The molecule has 0 aromatic carbocycles. The van der Waals surface area contributed by atoms with Crippen LogP contribution in [-0.2, 0) is 7.05 Å². The van der Waals surface area contributed by atoms with Crippen molar-refractivity contribution < 1.29 is 9.90 Å². The van der Waals surface area contributed by atoms with Crippen molar-refractivity contribution in [3.05, 3.63) is 38.8 Å². The molecule has 1 unspecified atom stereocenters. The smallest absolute Gasteiger partial charge is 0.355 e. The summed E-state index contributed by atoms with van der Waals surface area (Å²) in [6.07, 6.45) is 3.07. The number of aromatic nitrogens is 3. The van der Waals surface area contributed by atoms with Crippen molar-refractivity contribution in [1.82, 2.24) is 14.5 Å². The van der Waals surface area contributed by atoms with Crippen molar-refractivity contribution in [1.29, 1.82) is 0 Å². The van der Waals surface area contributed by atoms with E-state index in [1.54, 1.807) is 20.2 Å². The molecule has 7 nitrogen and oxygen atoms in total. The summed E-state index contributed by atoms with van der Waals surface area (Å²) in [6, 6.07) is -0.291. The van der Waals surface area contributed by atoms with Gasteiger partial charge in [-0.1, -0.05) is 0 Å². The molecule has 0 bridgehead atoms. The van der Waals surface area contributed by atoms with Crippen LogP contribution in [0.1, 0.15) is 28.5 Å². The number of carbonyl (C=O) groups is 1. The van der Waals surface area contributed by atoms with Crippen molar-refractivity contribution in [3.63, 3.8) is 0 Å². The van der Waals surface area contributed by atoms with E-state index in [0.29, 0.717) is 5.01 Å². The minimum atomic E-state index is -1.07. The highest BCUT2D eigenvalue weighted by atomic mass is 32.1. The molecule has 0 spiro atoms. The highest BCUT2D eigenvalue weighted by molar-refractivity contribution is 7.09. The monoisotopic (exact) mass is 280 g/mol. The molecule has 2 rings (SSSR count). The van der Waals surface area contributed by atoms with E-state index in [-0.39, 0.29) is 23.1 Å². The van der Waals surface area contributed by atoms with Gasteiger partial charge >= 0.3 is 5.97 Å². The van der Waals surface area contributed by atoms with Crippen LogP contribution < -0.4 is 10.9 Å². The summed E-state index contributed by atoms with van der Waals surface area (Å²) in [6.45, 7) is 1.79. The maximum atomic E-state index is 11.8. The molecule has 100 valence electrons. The molecule has 0 fully saturated rings. The topological polar surface area (TPSA) is 97.1 Å². The standard InChI is InChI=1S/C11H12N4O3S/c1-6(9-14-7(5-19-9)11(17)18)13-8-10(16)15(2)4-3-12-8/h3-6H,1-2H3,(H,12,13)(H,17,18). The van der Waals surface area contributed by atoms with Gasteiger partial charge in [0.25, 0.3) is 5.56 Å².